The van der Waals surface area contributed by atoms with E-state index in [2.05, 4.69) is 10.1 Å². The number of aromatic nitrogens is 4. The molecule has 1 fully saturated rings. The number of fused-ring (bicyclic) bond motifs is 1. The van der Waals surface area contributed by atoms with Gasteiger partial charge in [-0.25, -0.2) is 9.48 Å². The Morgan fingerprint density at radius 2 is 2.07 bits per heavy atom. The van der Waals surface area contributed by atoms with Crippen LogP contribution in [0.15, 0.2) is 35.3 Å². The molecule has 3 aromatic rings. The van der Waals surface area contributed by atoms with Crippen LogP contribution in [0.4, 0.5) is 0 Å². The summed E-state index contributed by atoms with van der Waals surface area (Å²) in [5.41, 5.74) is 1.66. The second kappa shape index (κ2) is 8.24. The van der Waals surface area contributed by atoms with Gasteiger partial charge in [-0.2, -0.15) is 5.10 Å². The molecule has 1 aliphatic heterocycles. The van der Waals surface area contributed by atoms with Crippen LogP contribution in [-0.2, 0) is 17.8 Å². The van der Waals surface area contributed by atoms with Gasteiger partial charge in [0.1, 0.15) is 5.82 Å². The van der Waals surface area contributed by atoms with Crippen LogP contribution in [0.25, 0.3) is 10.9 Å². The highest BCUT2D eigenvalue weighted by molar-refractivity contribution is 5.98. The molecule has 1 N–H and O–H groups in total. The lowest BCUT2D eigenvalue weighted by molar-refractivity contribution is 0.0710. The fourth-order valence-corrected chi connectivity index (χ4v) is 4.09. The number of piperidine rings is 1. The summed E-state index contributed by atoms with van der Waals surface area (Å²) >= 11 is 0. The number of rotatable bonds is 6. The lowest BCUT2D eigenvalue weighted by Crippen LogP contribution is -2.38. The topological polar surface area (TPSA) is 85.2 Å². The average Bonchev–Trinajstić information content (AvgIpc) is 3.35. The quantitative estimate of drug-likeness (QED) is 0.691. The maximum atomic E-state index is 12.9. The number of methoxy groups -OCH3 is 1. The Kier molecular flexibility index (Phi) is 5.53. The number of aromatic amines is 1. The molecule has 8 heteroatoms. The number of likely N-dealkylation sites (tertiary alicyclic amines) is 1. The normalized spacial score (nSPS) is 15.3. The Hall–Kier alpha value is -2.87. The third-order valence-corrected chi connectivity index (χ3v) is 5.72. The summed E-state index contributed by atoms with van der Waals surface area (Å²) in [7, 11) is 1.61. The molecule has 0 saturated carbocycles. The number of hydrogen-bond donors (Lipinski definition) is 1. The maximum absolute atomic E-state index is 12.9. The first-order valence-corrected chi connectivity index (χ1v) is 10.1. The third-order valence-electron chi connectivity index (χ3n) is 5.72. The number of carbonyl (C=O) groups excluding carboxylic acids is 1. The van der Waals surface area contributed by atoms with E-state index in [4.69, 9.17) is 4.74 Å². The van der Waals surface area contributed by atoms with Gasteiger partial charge < -0.3 is 14.6 Å². The molecule has 2 aromatic heterocycles. The lowest BCUT2D eigenvalue weighted by atomic mass is 9.95. The van der Waals surface area contributed by atoms with E-state index in [0.29, 0.717) is 38.3 Å². The summed E-state index contributed by atoms with van der Waals surface area (Å²) < 4.78 is 8.32. The maximum Gasteiger partial charge on any atom is 0.345 e. The van der Waals surface area contributed by atoms with Crippen molar-refractivity contribution < 1.29 is 9.53 Å². The summed E-state index contributed by atoms with van der Waals surface area (Å²) in [5.74, 6) is 1.07. The fraction of sp³-hybridized carbons (Fsp3) is 0.476. The minimum atomic E-state index is -0.0853. The summed E-state index contributed by atoms with van der Waals surface area (Å²) in [5, 5.41) is 5.62. The molecule has 0 aliphatic carbocycles. The van der Waals surface area contributed by atoms with Gasteiger partial charge in [0, 0.05) is 55.3 Å². The molecule has 29 heavy (non-hydrogen) atoms. The monoisotopic (exact) mass is 397 g/mol. The molecule has 154 valence electrons. The standard InChI is InChI=1S/C21H27N5O3/c1-3-25-19(23-26(21(25)28)12-13-29-2)15-7-10-24(11-8-15)20(27)17-4-5-18-16(14-17)6-9-22-18/h4-6,9,14-15,22H,3,7-8,10-13H2,1-2H3. The zero-order chi connectivity index (χ0) is 20.4. The zero-order valence-corrected chi connectivity index (χ0v) is 16.9. The van der Waals surface area contributed by atoms with E-state index in [1.165, 1.54) is 4.68 Å². The van der Waals surface area contributed by atoms with Crippen molar-refractivity contribution in [2.45, 2.75) is 38.8 Å². The van der Waals surface area contributed by atoms with Crippen LogP contribution in [0.3, 0.4) is 0 Å². The van der Waals surface area contributed by atoms with Crippen molar-refractivity contribution in [1.29, 1.82) is 0 Å². The number of nitrogens with one attached hydrogen (secondary N) is 1. The highest BCUT2D eigenvalue weighted by Gasteiger charge is 2.28. The summed E-state index contributed by atoms with van der Waals surface area (Å²) in [6.45, 7) is 4.79. The van der Waals surface area contributed by atoms with E-state index in [9.17, 15) is 9.59 Å². The van der Waals surface area contributed by atoms with Crippen LogP contribution in [0.1, 0.15) is 41.9 Å². The number of hydrogen-bond acceptors (Lipinski definition) is 4. The van der Waals surface area contributed by atoms with Crippen molar-refractivity contribution in [1.82, 2.24) is 24.2 Å². The Morgan fingerprint density at radius 1 is 1.28 bits per heavy atom. The Morgan fingerprint density at radius 3 is 2.79 bits per heavy atom. The third kappa shape index (κ3) is 3.72. The molecule has 1 aromatic carbocycles. The number of benzene rings is 1. The van der Waals surface area contributed by atoms with Crippen LogP contribution in [0.5, 0.6) is 0 Å². The molecule has 3 heterocycles. The summed E-state index contributed by atoms with van der Waals surface area (Å²) in [4.78, 5) is 30.5. The Bertz CT molecular complexity index is 1060. The molecule has 4 rings (SSSR count). The second-order valence-electron chi connectivity index (χ2n) is 7.45. The predicted molar refractivity (Wildman–Crippen MR) is 110 cm³/mol. The molecule has 0 radical (unpaired) electrons. The Balaban J connectivity index is 1.46. The van der Waals surface area contributed by atoms with Crippen molar-refractivity contribution in [2.24, 2.45) is 0 Å². The van der Waals surface area contributed by atoms with E-state index >= 15 is 0 Å². The molecule has 1 aliphatic rings. The minimum Gasteiger partial charge on any atom is -0.383 e. The van der Waals surface area contributed by atoms with Gasteiger partial charge in [-0.05, 0) is 44.0 Å². The van der Waals surface area contributed by atoms with Crippen LogP contribution < -0.4 is 5.69 Å². The molecule has 1 saturated heterocycles. The summed E-state index contributed by atoms with van der Waals surface area (Å²) in [6.07, 6.45) is 3.49. The van der Waals surface area contributed by atoms with Gasteiger partial charge in [-0.3, -0.25) is 9.36 Å². The SMILES string of the molecule is CCn1c(C2CCN(C(=O)c3ccc4[nH]ccc4c3)CC2)nn(CCOC)c1=O. The van der Waals surface area contributed by atoms with Crippen LogP contribution in [0, 0.1) is 0 Å². The zero-order valence-electron chi connectivity index (χ0n) is 16.9. The predicted octanol–water partition coefficient (Wildman–Crippen LogP) is 2.21. The summed E-state index contributed by atoms with van der Waals surface area (Å²) in [6, 6.07) is 7.73. The van der Waals surface area contributed by atoms with Crippen molar-refractivity contribution in [3.63, 3.8) is 0 Å². The first kappa shape index (κ1) is 19.4. The van der Waals surface area contributed by atoms with Gasteiger partial charge in [-0.1, -0.05) is 0 Å². The fourth-order valence-electron chi connectivity index (χ4n) is 4.09. The van der Waals surface area contributed by atoms with Crippen molar-refractivity contribution in [2.75, 3.05) is 26.8 Å². The van der Waals surface area contributed by atoms with E-state index in [-0.39, 0.29) is 17.5 Å². The van der Waals surface area contributed by atoms with Crippen molar-refractivity contribution in [3.8, 4) is 0 Å². The van der Waals surface area contributed by atoms with Crippen molar-refractivity contribution >= 4 is 16.8 Å². The van der Waals surface area contributed by atoms with E-state index in [1.807, 2.05) is 42.3 Å². The molecule has 0 unspecified atom stereocenters. The largest absolute Gasteiger partial charge is 0.383 e. The smallest absolute Gasteiger partial charge is 0.345 e. The lowest BCUT2D eigenvalue weighted by Gasteiger charge is -2.31. The molecular formula is C21H27N5O3. The van der Waals surface area contributed by atoms with E-state index < -0.39 is 0 Å². The van der Waals surface area contributed by atoms with Crippen LogP contribution >= 0.6 is 0 Å². The number of nitrogens with zero attached hydrogens (tertiary/aromatic N) is 4. The van der Waals surface area contributed by atoms with Gasteiger partial charge in [0.15, 0.2) is 0 Å². The van der Waals surface area contributed by atoms with Gasteiger partial charge in [0.05, 0.1) is 13.2 Å². The first-order valence-electron chi connectivity index (χ1n) is 10.1. The number of H-pyrrole nitrogens is 1. The minimum absolute atomic E-state index is 0.0602. The molecule has 0 spiro atoms. The number of carbonyl (C=O) groups is 1. The second-order valence-corrected chi connectivity index (χ2v) is 7.45. The molecule has 0 atom stereocenters. The molecule has 0 bridgehead atoms. The van der Waals surface area contributed by atoms with Gasteiger partial charge in [-0.15, -0.1) is 0 Å². The van der Waals surface area contributed by atoms with Gasteiger partial charge in [0.2, 0.25) is 0 Å². The van der Waals surface area contributed by atoms with Crippen LogP contribution in [-0.4, -0.2) is 56.9 Å². The molecule has 8 nitrogen and oxygen atoms in total. The van der Waals surface area contributed by atoms with Crippen molar-refractivity contribution in [3.05, 3.63) is 52.3 Å². The van der Waals surface area contributed by atoms with E-state index in [1.54, 1.807) is 11.7 Å². The number of ether oxygens (including phenoxy) is 1. The number of amides is 1. The van der Waals surface area contributed by atoms with E-state index in [0.717, 1.165) is 29.6 Å². The Labute approximate surface area is 169 Å². The van der Waals surface area contributed by atoms with Gasteiger partial charge in [0.25, 0.3) is 5.91 Å². The highest BCUT2D eigenvalue weighted by atomic mass is 16.5. The molecule has 1 amide bonds. The highest BCUT2D eigenvalue weighted by Crippen LogP contribution is 2.27. The molecular weight excluding hydrogens is 370 g/mol. The first-order chi connectivity index (χ1) is 14.1. The van der Waals surface area contributed by atoms with Crippen LogP contribution in [0.2, 0.25) is 0 Å². The average molecular weight is 397 g/mol. The van der Waals surface area contributed by atoms with Gasteiger partial charge >= 0.3 is 5.69 Å².